The molecule has 1 N–H and O–H groups in total. The van der Waals surface area contributed by atoms with Crippen molar-refractivity contribution in [3.05, 3.63) is 23.9 Å². The molecule has 1 aromatic heterocycles. The SMILES string of the molecule is CCN(CC)c1cc(CNC(C)(C)C)ccn1. The van der Waals surface area contributed by atoms with Crippen LogP contribution in [0.25, 0.3) is 0 Å². The molecular weight excluding hydrogens is 210 g/mol. The van der Waals surface area contributed by atoms with Crippen molar-refractivity contribution in [2.24, 2.45) is 0 Å². The standard InChI is InChI=1S/C14H25N3/c1-6-17(7-2)13-10-12(8-9-15-13)11-16-14(3,4)5/h8-10,16H,6-7,11H2,1-5H3. The van der Waals surface area contributed by atoms with Crippen LogP contribution >= 0.6 is 0 Å². The smallest absolute Gasteiger partial charge is 0.128 e. The van der Waals surface area contributed by atoms with Crippen LogP contribution in [0.1, 0.15) is 40.2 Å². The Morgan fingerprint density at radius 2 is 1.88 bits per heavy atom. The van der Waals surface area contributed by atoms with Crippen LogP contribution in [0, 0.1) is 0 Å². The third-order valence-corrected chi connectivity index (χ3v) is 2.72. The number of hydrogen-bond acceptors (Lipinski definition) is 3. The van der Waals surface area contributed by atoms with Crippen LogP contribution in [0.15, 0.2) is 18.3 Å². The van der Waals surface area contributed by atoms with Crippen molar-refractivity contribution < 1.29 is 0 Å². The van der Waals surface area contributed by atoms with Crippen molar-refractivity contribution in [1.29, 1.82) is 0 Å². The van der Waals surface area contributed by atoms with Crippen LogP contribution in [0.4, 0.5) is 5.82 Å². The summed E-state index contributed by atoms with van der Waals surface area (Å²) in [5, 5.41) is 3.49. The van der Waals surface area contributed by atoms with E-state index in [9.17, 15) is 0 Å². The minimum absolute atomic E-state index is 0.151. The highest BCUT2D eigenvalue weighted by Crippen LogP contribution is 2.13. The van der Waals surface area contributed by atoms with Gasteiger partial charge in [-0.15, -0.1) is 0 Å². The Bertz CT molecular complexity index is 338. The first-order valence-corrected chi connectivity index (χ1v) is 6.41. The number of nitrogens with one attached hydrogen (secondary N) is 1. The summed E-state index contributed by atoms with van der Waals surface area (Å²) in [6, 6.07) is 4.25. The normalized spacial score (nSPS) is 11.6. The predicted octanol–water partition coefficient (Wildman–Crippen LogP) is 2.82. The van der Waals surface area contributed by atoms with Crippen LogP contribution in [0.2, 0.25) is 0 Å². The molecule has 0 saturated carbocycles. The number of hydrogen-bond donors (Lipinski definition) is 1. The predicted molar refractivity (Wildman–Crippen MR) is 74.4 cm³/mol. The van der Waals surface area contributed by atoms with E-state index in [4.69, 9.17) is 0 Å². The summed E-state index contributed by atoms with van der Waals surface area (Å²) in [5.74, 6) is 1.07. The minimum atomic E-state index is 0.151. The van der Waals surface area contributed by atoms with Gasteiger partial charge in [-0.2, -0.15) is 0 Å². The summed E-state index contributed by atoms with van der Waals surface area (Å²) in [6.07, 6.45) is 1.90. The van der Waals surface area contributed by atoms with Gasteiger partial charge in [0.05, 0.1) is 0 Å². The molecular formula is C14H25N3. The number of aromatic nitrogens is 1. The van der Waals surface area contributed by atoms with Gasteiger partial charge < -0.3 is 10.2 Å². The van der Waals surface area contributed by atoms with Gasteiger partial charge in [0.25, 0.3) is 0 Å². The van der Waals surface area contributed by atoms with Crippen LogP contribution < -0.4 is 10.2 Å². The number of pyridine rings is 1. The molecule has 17 heavy (non-hydrogen) atoms. The first-order chi connectivity index (χ1) is 7.96. The first kappa shape index (κ1) is 14.0. The second-order valence-corrected chi connectivity index (χ2v) is 5.30. The van der Waals surface area contributed by atoms with Crippen LogP contribution in [-0.2, 0) is 6.54 Å². The summed E-state index contributed by atoms with van der Waals surface area (Å²) in [7, 11) is 0. The summed E-state index contributed by atoms with van der Waals surface area (Å²) in [6.45, 7) is 13.7. The molecule has 1 rings (SSSR count). The zero-order valence-corrected chi connectivity index (χ0v) is 11.7. The van der Waals surface area contributed by atoms with Gasteiger partial charge in [0.15, 0.2) is 0 Å². The molecule has 0 unspecified atom stereocenters. The highest BCUT2D eigenvalue weighted by atomic mass is 15.2. The second-order valence-electron chi connectivity index (χ2n) is 5.30. The molecule has 0 spiro atoms. The fourth-order valence-electron chi connectivity index (χ4n) is 1.66. The Labute approximate surface area is 105 Å². The summed E-state index contributed by atoms with van der Waals surface area (Å²) in [5.41, 5.74) is 1.44. The maximum atomic E-state index is 4.42. The summed E-state index contributed by atoms with van der Waals surface area (Å²) < 4.78 is 0. The average molecular weight is 235 g/mol. The molecule has 0 fully saturated rings. The van der Waals surface area contributed by atoms with Gasteiger partial charge in [-0.05, 0) is 52.3 Å². The molecule has 1 heterocycles. The Morgan fingerprint density at radius 1 is 1.24 bits per heavy atom. The topological polar surface area (TPSA) is 28.2 Å². The molecule has 1 aromatic rings. The Morgan fingerprint density at radius 3 is 2.41 bits per heavy atom. The monoisotopic (exact) mass is 235 g/mol. The Balaban J connectivity index is 2.72. The third-order valence-electron chi connectivity index (χ3n) is 2.72. The molecule has 0 saturated heterocycles. The molecule has 0 radical (unpaired) electrons. The van der Waals surface area contributed by atoms with Crippen LogP contribution in [0.3, 0.4) is 0 Å². The van der Waals surface area contributed by atoms with Gasteiger partial charge in [-0.25, -0.2) is 4.98 Å². The fraction of sp³-hybridized carbons (Fsp3) is 0.643. The number of anilines is 1. The largest absolute Gasteiger partial charge is 0.357 e. The van der Waals surface area contributed by atoms with E-state index < -0.39 is 0 Å². The van der Waals surface area contributed by atoms with Crippen LogP contribution in [-0.4, -0.2) is 23.6 Å². The average Bonchev–Trinajstić information content (AvgIpc) is 2.28. The molecule has 3 nitrogen and oxygen atoms in total. The molecule has 0 atom stereocenters. The Hall–Kier alpha value is -1.09. The molecule has 0 amide bonds. The van der Waals surface area contributed by atoms with E-state index >= 15 is 0 Å². The molecule has 0 aliphatic heterocycles. The second kappa shape index (κ2) is 6.01. The Kier molecular flexibility index (Phi) is 4.94. The lowest BCUT2D eigenvalue weighted by atomic mass is 10.1. The fourth-order valence-corrected chi connectivity index (χ4v) is 1.66. The quantitative estimate of drug-likeness (QED) is 0.850. The van der Waals surface area contributed by atoms with Gasteiger partial charge in [-0.1, -0.05) is 0 Å². The van der Waals surface area contributed by atoms with Gasteiger partial charge >= 0.3 is 0 Å². The van der Waals surface area contributed by atoms with E-state index in [1.54, 1.807) is 0 Å². The van der Waals surface area contributed by atoms with Crippen molar-refractivity contribution in [3.63, 3.8) is 0 Å². The highest BCUT2D eigenvalue weighted by molar-refractivity contribution is 5.40. The molecule has 96 valence electrons. The van der Waals surface area contributed by atoms with Gasteiger partial charge in [0.2, 0.25) is 0 Å². The molecule has 0 aliphatic rings. The maximum absolute atomic E-state index is 4.42. The first-order valence-electron chi connectivity index (χ1n) is 6.41. The van der Waals surface area contributed by atoms with Crippen molar-refractivity contribution in [2.75, 3.05) is 18.0 Å². The number of rotatable bonds is 5. The van der Waals surface area contributed by atoms with E-state index in [0.29, 0.717) is 0 Å². The zero-order valence-electron chi connectivity index (χ0n) is 11.7. The molecule has 0 aromatic carbocycles. The summed E-state index contributed by atoms with van der Waals surface area (Å²) in [4.78, 5) is 6.69. The van der Waals surface area contributed by atoms with Gasteiger partial charge in [0, 0.05) is 31.4 Å². The van der Waals surface area contributed by atoms with Crippen molar-refractivity contribution >= 4 is 5.82 Å². The van der Waals surface area contributed by atoms with Gasteiger partial charge in [0.1, 0.15) is 5.82 Å². The van der Waals surface area contributed by atoms with E-state index in [0.717, 1.165) is 25.5 Å². The lowest BCUT2D eigenvalue weighted by Crippen LogP contribution is -2.35. The van der Waals surface area contributed by atoms with Crippen LogP contribution in [0.5, 0.6) is 0 Å². The molecule has 0 aliphatic carbocycles. The van der Waals surface area contributed by atoms with Crippen molar-refractivity contribution in [1.82, 2.24) is 10.3 Å². The minimum Gasteiger partial charge on any atom is -0.357 e. The lowest BCUT2D eigenvalue weighted by molar-refractivity contribution is 0.424. The summed E-state index contributed by atoms with van der Waals surface area (Å²) >= 11 is 0. The molecule has 0 bridgehead atoms. The maximum Gasteiger partial charge on any atom is 0.128 e. The number of nitrogens with zero attached hydrogens (tertiary/aromatic N) is 2. The van der Waals surface area contributed by atoms with E-state index in [1.807, 2.05) is 6.20 Å². The van der Waals surface area contributed by atoms with Gasteiger partial charge in [-0.3, -0.25) is 0 Å². The van der Waals surface area contributed by atoms with Crippen molar-refractivity contribution in [3.8, 4) is 0 Å². The van der Waals surface area contributed by atoms with Crippen molar-refractivity contribution in [2.45, 2.75) is 46.7 Å². The molecule has 3 heteroatoms. The third kappa shape index (κ3) is 4.73. The lowest BCUT2D eigenvalue weighted by Gasteiger charge is -2.22. The van der Waals surface area contributed by atoms with E-state index in [2.05, 4.69) is 62.0 Å². The van der Waals surface area contributed by atoms with E-state index in [1.165, 1.54) is 5.56 Å². The van der Waals surface area contributed by atoms with E-state index in [-0.39, 0.29) is 5.54 Å². The zero-order chi connectivity index (χ0) is 12.9. The highest BCUT2D eigenvalue weighted by Gasteiger charge is 2.09.